The van der Waals surface area contributed by atoms with E-state index in [2.05, 4.69) is 4.98 Å². The average Bonchev–Trinajstić information content (AvgIpc) is 2.51. The lowest BCUT2D eigenvalue weighted by atomic mass is 10.2. The first-order chi connectivity index (χ1) is 10.9. The van der Waals surface area contributed by atoms with E-state index in [1.165, 1.54) is 12.1 Å². The SMILES string of the molecule is Cc1cc(Cl)c(Cl)cc1S(=O)(=O)Oc1cccc2cccnc12. The molecule has 0 aliphatic heterocycles. The van der Waals surface area contributed by atoms with Gasteiger partial charge in [0.1, 0.15) is 10.4 Å². The normalized spacial score (nSPS) is 11.6. The highest BCUT2D eigenvalue weighted by molar-refractivity contribution is 7.87. The predicted octanol–water partition coefficient (Wildman–Crippen LogP) is 4.62. The quantitative estimate of drug-likeness (QED) is 0.633. The van der Waals surface area contributed by atoms with Gasteiger partial charge < -0.3 is 4.18 Å². The van der Waals surface area contributed by atoms with E-state index >= 15 is 0 Å². The van der Waals surface area contributed by atoms with Crippen LogP contribution in [0.5, 0.6) is 5.75 Å². The summed E-state index contributed by atoms with van der Waals surface area (Å²) in [5, 5.41) is 1.22. The molecule has 0 amide bonds. The van der Waals surface area contributed by atoms with Gasteiger partial charge in [-0.2, -0.15) is 8.42 Å². The van der Waals surface area contributed by atoms with Crippen molar-refractivity contribution < 1.29 is 12.6 Å². The first-order valence-electron chi connectivity index (χ1n) is 6.62. The molecule has 0 spiro atoms. The summed E-state index contributed by atoms with van der Waals surface area (Å²) >= 11 is 11.8. The molecule has 0 N–H and O–H groups in total. The van der Waals surface area contributed by atoms with Crippen molar-refractivity contribution in [1.82, 2.24) is 4.98 Å². The van der Waals surface area contributed by atoms with E-state index < -0.39 is 10.1 Å². The standard InChI is InChI=1S/C16H11Cl2NO3S/c1-10-8-12(17)13(18)9-15(10)23(20,21)22-14-6-2-4-11-5-3-7-19-16(11)14/h2-9H,1H3. The average molecular weight is 368 g/mol. The first-order valence-corrected chi connectivity index (χ1v) is 8.79. The molecular weight excluding hydrogens is 357 g/mol. The zero-order valence-corrected chi connectivity index (χ0v) is 14.3. The molecule has 1 aromatic heterocycles. The van der Waals surface area contributed by atoms with Crippen LogP contribution in [0.2, 0.25) is 10.0 Å². The van der Waals surface area contributed by atoms with Gasteiger partial charge in [0.05, 0.1) is 10.0 Å². The Bertz CT molecular complexity index is 998. The number of halogens is 2. The largest absolute Gasteiger partial charge is 0.377 e. The fourth-order valence-electron chi connectivity index (χ4n) is 2.20. The fourth-order valence-corrected chi connectivity index (χ4v) is 3.83. The Morgan fingerprint density at radius 3 is 2.52 bits per heavy atom. The first kappa shape index (κ1) is 16.1. The van der Waals surface area contributed by atoms with E-state index in [-0.39, 0.29) is 20.7 Å². The van der Waals surface area contributed by atoms with Crippen molar-refractivity contribution in [2.24, 2.45) is 0 Å². The van der Waals surface area contributed by atoms with Crippen molar-refractivity contribution in [1.29, 1.82) is 0 Å². The molecule has 0 unspecified atom stereocenters. The van der Waals surface area contributed by atoms with Gasteiger partial charge in [-0.25, -0.2) is 0 Å². The minimum Gasteiger partial charge on any atom is -0.377 e. The number of rotatable bonds is 3. The molecule has 0 saturated heterocycles. The second-order valence-corrected chi connectivity index (χ2v) is 7.23. The third kappa shape index (κ3) is 3.13. The second-order valence-electron chi connectivity index (χ2n) is 4.90. The van der Waals surface area contributed by atoms with Crippen LogP contribution in [-0.4, -0.2) is 13.4 Å². The maximum atomic E-state index is 12.6. The molecule has 3 aromatic rings. The van der Waals surface area contributed by atoms with Crippen LogP contribution < -0.4 is 4.18 Å². The second kappa shape index (κ2) is 6.00. The van der Waals surface area contributed by atoms with Gasteiger partial charge in [-0.05, 0) is 36.8 Å². The van der Waals surface area contributed by atoms with Crippen molar-refractivity contribution in [3.05, 3.63) is 64.3 Å². The summed E-state index contributed by atoms with van der Waals surface area (Å²) in [7, 11) is -4.06. The van der Waals surface area contributed by atoms with Gasteiger partial charge in [0.15, 0.2) is 5.75 Å². The molecule has 23 heavy (non-hydrogen) atoms. The maximum Gasteiger partial charge on any atom is 0.339 e. The number of pyridine rings is 1. The Labute approximate surface area is 143 Å². The molecule has 0 aliphatic rings. The summed E-state index contributed by atoms with van der Waals surface area (Å²) in [4.78, 5) is 4.15. The molecule has 0 radical (unpaired) electrons. The number of benzene rings is 2. The van der Waals surface area contributed by atoms with Crippen LogP contribution in [0.4, 0.5) is 0 Å². The number of nitrogens with zero attached hydrogens (tertiary/aromatic N) is 1. The number of aryl methyl sites for hydroxylation is 1. The highest BCUT2D eigenvalue weighted by atomic mass is 35.5. The highest BCUT2D eigenvalue weighted by Gasteiger charge is 2.22. The molecule has 4 nitrogen and oxygen atoms in total. The molecule has 0 saturated carbocycles. The minimum atomic E-state index is -4.06. The predicted molar refractivity (Wildman–Crippen MR) is 90.8 cm³/mol. The number of aromatic nitrogens is 1. The molecule has 3 rings (SSSR count). The third-order valence-electron chi connectivity index (χ3n) is 3.28. The van der Waals surface area contributed by atoms with E-state index in [0.717, 1.165) is 5.39 Å². The molecular formula is C16H11Cl2NO3S. The van der Waals surface area contributed by atoms with Crippen molar-refractivity contribution in [2.45, 2.75) is 11.8 Å². The van der Waals surface area contributed by atoms with Crippen LogP contribution in [0, 0.1) is 6.92 Å². The van der Waals surface area contributed by atoms with Crippen LogP contribution in [0.1, 0.15) is 5.56 Å². The van der Waals surface area contributed by atoms with Crippen molar-refractivity contribution in [3.63, 3.8) is 0 Å². The van der Waals surface area contributed by atoms with Crippen LogP contribution in [0.3, 0.4) is 0 Å². The Morgan fingerprint density at radius 1 is 1.04 bits per heavy atom. The number of para-hydroxylation sites is 1. The van der Waals surface area contributed by atoms with Crippen LogP contribution >= 0.6 is 23.2 Å². The zero-order chi connectivity index (χ0) is 16.6. The van der Waals surface area contributed by atoms with Crippen LogP contribution in [-0.2, 0) is 10.1 Å². The number of hydrogen-bond acceptors (Lipinski definition) is 4. The molecule has 1 heterocycles. The van der Waals surface area contributed by atoms with Crippen LogP contribution in [0.25, 0.3) is 10.9 Å². The minimum absolute atomic E-state index is 0.0279. The monoisotopic (exact) mass is 367 g/mol. The van der Waals surface area contributed by atoms with Gasteiger partial charge >= 0.3 is 10.1 Å². The van der Waals surface area contributed by atoms with Crippen molar-refractivity contribution in [3.8, 4) is 5.75 Å². The van der Waals surface area contributed by atoms with E-state index in [4.69, 9.17) is 27.4 Å². The smallest absolute Gasteiger partial charge is 0.339 e. The zero-order valence-electron chi connectivity index (χ0n) is 12.0. The van der Waals surface area contributed by atoms with Gasteiger partial charge in [0.2, 0.25) is 0 Å². The molecule has 2 aromatic carbocycles. The number of hydrogen-bond donors (Lipinski definition) is 0. The summed E-state index contributed by atoms with van der Waals surface area (Å²) in [6, 6.07) is 11.5. The van der Waals surface area contributed by atoms with Gasteiger partial charge in [0.25, 0.3) is 0 Å². The van der Waals surface area contributed by atoms with Gasteiger partial charge in [-0.1, -0.05) is 41.4 Å². The number of fused-ring (bicyclic) bond motifs is 1. The summed E-state index contributed by atoms with van der Waals surface area (Å²) in [6.45, 7) is 1.62. The Kier molecular flexibility index (Phi) is 4.19. The van der Waals surface area contributed by atoms with Gasteiger partial charge in [-0.15, -0.1) is 0 Å². The van der Waals surface area contributed by atoms with Crippen molar-refractivity contribution >= 4 is 44.2 Å². The molecule has 0 bridgehead atoms. The van der Waals surface area contributed by atoms with Crippen molar-refractivity contribution in [2.75, 3.05) is 0 Å². The molecule has 0 atom stereocenters. The lowest BCUT2D eigenvalue weighted by Crippen LogP contribution is -2.12. The lowest BCUT2D eigenvalue weighted by molar-refractivity contribution is 0.487. The molecule has 7 heteroatoms. The summed E-state index contributed by atoms with van der Waals surface area (Å²) in [5.74, 6) is 0.161. The van der Waals surface area contributed by atoms with Gasteiger partial charge in [-0.3, -0.25) is 4.98 Å². The topological polar surface area (TPSA) is 56.3 Å². The van der Waals surface area contributed by atoms with Crippen LogP contribution in [0.15, 0.2) is 53.6 Å². The van der Waals surface area contributed by atoms with E-state index in [9.17, 15) is 8.42 Å². The van der Waals surface area contributed by atoms with Gasteiger partial charge in [0, 0.05) is 11.6 Å². The molecule has 118 valence electrons. The fraction of sp³-hybridized carbons (Fsp3) is 0.0625. The highest BCUT2D eigenvalue weighted by Crippen LogP contribution is 2.31. The summed E-state index contributed by atoms with van der Waals surface area (Å²) < 4.78 is 30.4. The Morgan fingerprint density at radius 2 is 1.74 bits per heavy atom. The van der Waals surface area contributed by atoms with E-state index in [1.807, 2.05) is 12.1 Å². The Balaban J connectivity index is 2.09. The molecule has 0 fully saturated rings. The van der Waals surface area contributed by atoms with E-state index in [0.29, 0.717) is 11.1 Å². The Hall–Kier alpha value is -1.82. The summed E-state index contributed by atoms with van der Waals surface area (Å²) in [5.41, 5.74) is 0.920. The van der Waals surface area contributed by atoms with E-state index in [1.54, 1.807) is 31.3 Å². The molecule has 0 aliphatic carbocycles. The summed E-state index contributed by atoms with van der Waals surface area (Å²) in [6.07, 6.45) is 1.58. The third-order valence-corrected chi connectivity index (χ3v) is 5.38. The lowest BCUT2D eigenvalue weighted by Gasteiger charge is -2.11. The maximum absolute atomic E-state index is 12.6.